The van der Waals surface area contributed by atoms with Crippen LogP contribution in [-0.4, -0.2) is 41.2 Å². The summed E-state index contributed by atoms with van der Waals surface area (Å²) < 4.78 is 16.1. The Labute approximate surface area is 167 Å². The zero-order valence-corrected chi connectivity index (χ0v) is 16.5. The highest BCUT2D eigenvalue weighted by molar-refractivity contribution is 6.33. The zero-order valence-electron chi connectivity index (χ0n) is 15.8. The molecule has 7 nitrogen and oxygen atoms in total. The van der Waals surface area contributed by atoms with E-state index in [4.69, 9.17) is 25.6 Å². The summed E-state index contributed by atoms with van der Waals surface area (Å²) in [6, 6.07) is 14.3. The fraction of sp³-hybridized carbons (Fsp3) is 0.250. The van der Waals surface area contributed by atoms with Gasteiger partial charge in [0.2, 0.25) is 11.7 Å². The Morgan fingerprint density at radius 1 is 1.21 bits per heavy atom. The quantitative estimate of drug-likeness (QED) is 0.598. The highest BCUT2D eigenvalue weighted by Crippen LogP contribution is 2.25. The molecule has 1 atom stereocenters. The minimum Gasteiger partial charge on any atom is -0.497 e. The molecule has 146 valence electrons. The first kappa shape index (κ1) is 19.7. The molecule has 1 heterocycles. The van der Waals surface area contributed by atoms with Crippen molar-refractivity contribution in [2.24, 2.45) is 0 Å². The first-order valence-corrected chi connectivity index (χ1v) is 8.99. The number of aromatic nitrogens is 2. The number of halogens is 1. The summed E-state index contributed by atoms with van der Waals surface area (Å²) in [5.41, 5.74) is 0.669. The lowest BCUT2D eigenvalue weighted by atomic mass is 10.2. The van der Waals surface area contributed by atoms with Crippen LogP contribution in [0.2, 0.25) is 5.02 Å². The van der Waals surface area contributed by atoms with Gasteiger partial charge in [-0.2, -0.15) is 4.98 Å². The molecule has 0 unspecified atom stereocenters. The monoisotopic (exact) mass is 401 g/mol. The summed E-state index contributed by atoms with van der Waals surface area (Å²) in [7, 11) is 3.22. The first-order chi connectivity index (χ1) is 13.5. The van der Waals surface area contributed by atoms with E-state index >= 15 is 0 Å². The maximum atomic E-state index is 12.6. The van der Waals surface area contributed by atoms with E-state index in [-0.39, 0.29) is 12.5 Å². The largest absolute Gasteiger partial charge is 0.497 e. The third-order valence-electron chi connectivity index (χ3n) is 4.03. The summed E-state index contributed by atoms with van der Waals surface area (Å²) in [4.78, 5) is 18.4. The molecule has 28 heavy (non-hydrogen) atoms. The van der Waals surface area contributed by atoms with Crippen molar-refractivity contribution in [3.63, 3.8) is 0 Å². The van der Waals surface area contributed by atoms with Gasteiger partial charge >= 0.3 is 0 Å². The van der Waals surface area contributed by atoms with Gasteiger partial charge in [-0.3, -0.25) is 4.79 Å². The molecule has 0 bridgehead atoms. The van der Waals surface area contributed by atoms with Crippen molar-refractivity contribution < 1.29 is 18.8 Å². The number of carbonyl (C=O) groups excluding carboxylic acids is 1. The molecule has 1 aromatic heterocycles. The van der Waals surface area contributed by atoms with Crippen LogP contribution < -0.4 is 9.47 Å². The second-order valence-electron chi connectivity index (χ2n) is 6.12. The summed E-state index contributed by atoms with van der Waals surface area (Å²) in [6.45, 7) is 1.84. The smallest absolute Gasteiger partial charge is 0.263 e. The highest BCUT2D eigenvalue weighted by atomic mass is 35.5. The molecule has 0 fully saturated rings. The minimum atomic E-state index is -0.692. The van der Waals surface area contributed by atoms with Crippen LogP contribution in [0, 0.1) is 0 Å². The van der Waals surface area contributed by atoms with Crippen LogP contribution in [0.25, 0.3) is 11.4 Å². The molecule has 0 N–H and O–H groups in total. The highest BCUT2D eigenvalue weighted by Gasteiger charge is 2.22. The van der Waals surface area contributed by atoms with Crippen molar-refractivity contribution in [1.29, 1.82) is 0 Å². The summed E-state index contributed by atoms with van der Waals surface area (Å²) >= 11 is 6.15. The molecule has 8 heteroatoms. The number of likely N-dealkylation sites (N-methyl/N-ethyl adjacent to an activating group) is 1. The van der Waals surface area contributed by atoms with E-state index in [0.717, 1.165) is 0 Å². The third-order valence-corrected chi connectivity index (χ3v) is 4.36. The normalized spacial score (nSPS) is 11.7. The average Bonchev–Trinajstić information content (AvgIpc) is 3.16. The fourth-order valence-electron chi connectivity index (χ4n) is 2.59. The number of hydrogen-bond donors (Lipinski definition) is 0. The van der Waals surface area contributed by atoms with Gasteiger partial charge in [-0.1, -0.05) is 35.0 Å². The van der Waals surface area contributed by atoms with Crippen molar-refractivity contribution in [2.45, 2.75) is 19.6 Å². The van der Waals surface area contributed by atoms with Crippen LogP contribution in [0.1, 0.15) is 12.8 Å². The SMILES string of the molecule is COc1cccc(O[C@H](C)C(=O)N(C)Cc2nc(-c3ccccc3Cl)no2)c1. The topological polar surface area (TPSA) is 77.7 Å². The molecule has 0 radical (unpaired) electrons. The molecule has 0 aliphatic carbocycles. The number of amides is 1. The van der Waals surface area contributed by atoms with Gasteiger partial charge < -0.3 is 18.9 Å². The van der Waals surface area contributed by atoms with E-state index in [9.17, 15) is 4.79 Å². The Morgan fingerprint density at radius 2 is 1.96 bits per heavy atom. The van der Waals surface area contributed by atoms with Crippen LogP contribution >= 0.6 is 11.6 Å². The van der Waals surface area contributed by atoms with Gasteiger partial charge in [0.05, 0.1) is 18.7 Å². The van der Waals surface area contributed by atoms with Crippen LogP contribution in [0.5, 0.6) is 11.5 Å². The molecule has 0 saturated heterocycles. The van der Waals surface area contributed by atoms with E-state index in [0.29, 0.717) is 33.8 Å². The molecule has 1 amide bonds. The summed E-state index contributed by atoms with van der Waals surface area (Å²) in [6.07, 6.45) is -0.692. The third kappa shape index (κ3) is 4.61. The predicted octanol–water partition coefficient (Wildman–Crippen LogP) is 3.82. The molecule has 0 aliphatic rings. The van der Waals surface area contributed by atoms with Crippen molar-refractivity contribution in [2.75, 3.05) is 14.2 Å². The number of methoxy groups -OCH3 is 1. The van der Waals surface area contributed by atoms with Gasteiger partial charge in [0.1, 0.15) is 11.5 Å². The summed E-state index contributed by atoms with van der Waals surface area (Å²) in [5, 5.41) is 4.47. The maximum absolute atomic E-state index is 12.6. The van der Waals surface area contributed by atoms with Gasteiger partial charge in [0.25, 0.3) is 5.91 Å². The lowest BCUT2D eigenvalue weighted by Crippen LogP contribution is -2.37. The molecule has 3 rings (SSSR count). The average molecular weight is 402 g/mol. The standard InChI is InChI=1S/C20H20ClN3O4/c1-13(27-15-8-6-7-14(11-15)26-3)20(25)24(2)12-18-22-19(23-28-18)16-9-4-5-10-17(16)21/h4-11,13H,12H2,1-3H3/t13-/m1/s1. The number of hydrogen-bond acceptors (Lipinski definition) is 6. The van der Waals surface area contributed by atoms with Crippen LogP contribution in [0.15, 0.2) is 53.1 Å². The lowest BCUT2D eigenvalue weighted by Gasteiger charge is -2.20. The lowest BCUT2D eigenvalue weighted by molar-refractivity contribution is -0.137. The van der Waals surface area contributed by atoms with Gasteiger partial charge in [-0.05, 0) is 31.2 Å². The second-order valence-corrected chi connectivity index (χ2v) is 6.53. The van der Waals surface area contributed by atoms with Gasteiger partial charge in [-0.15, -0.1) is 0 Å². The number of ether oxygens (including phenoxy) is 2. The molecule has 0 saturated carbocycles. The molecule has 2 aromatic carbocycles. The van der Waals surface area contributed by atoms with Crippen LogP contribution in [-0.2, 0) is 11.3 Å². The second kappa shape index (κ2) is 8.75. The predicted molar refractivity (Wildman–Crippen MR) is 104 cm³/mol. The number of nitrogens with zero attached hydrogens (tertiary/aromatic N) is 3. The maximum Gasteiger partial charge on any atom is 0.263 e. The minimum absolute atomic E-state index is 0.155. The summed E-state index contributed by atoms with van der Waals surface area (Å²) in [5.74, 6) is 1.66. The first-order valence-electron chi connectivity index (χ1n) is 8.61. The Morgan fingerprint density at radius 3 is 2.71 bits per heavy atom. The van der Waals surface area contributed by atoms with Gasteiger partial charge in [-0.25, -0.2) is 0 Å². The van der Waals surface area contributed by atoms with Crippen molar-refractivity contribution in [1.82, 2.24) is 15.0 Å². The Bertz CT molecular complexity index is 960. The van der Waals surface area contributed by atoms with E-state index in [1.807, 2.05) is 12.1 Å². The van der Waals surface area contributed by atoms with Crippen molar-refractivity contribution in [3.05, 3.63) is 59.4 Å². The zero-order chi connectivity index (χ0) is 20.1. The molecule has 0 spiro atoms. The number of benzene rings is 2. The number of carbonyl (C=O) groups is 1. The Balaban J connectivity index is 1.63. The van der Waals surface area contributed by atoms with Crippen LogP contribution in [0.4, 0.5) is 0 Å². The van der Waals surface area contributed by atoms with Crippen molar-refractivity contribution >= 4 is 17.5 Å². The molecule has 0 aliphatic heterocycles. The molecule has 3 aromatic rings. The van der Waals surface area contributed by atoms with E-state index in [1.165, 1.54) is 4.90 Å². The fourth-order valence-corrected chi connectivity index (χ4v) is 2.81. The van der Waals surface area contributed by atoms with Gasteiger partial charge in [0.15, 0.2) is 6.10 Å². The molecular weight excluding hydrogens is 382 g/mol. The molecular formula is C20H20ClN3O4. The number of rotatable bonds is 7. The van der Waals surface area contributed by atoms with E-state index in [1.54, 1.807) is 57.5 Å². The van der Waals surface area contributed by atoms with E-state index in [2.05, 4.69) is 10.1 Å². The van der Waals surface area contributed by atoms with Crippen LogP contribution in [0.3, 0.4) is 0 Å². The Kier molecular flexibility index (Phi) is 6.16. The van der Waals surface area contributed by atoms with E-state index < -0.39 is 6.10 Å². The Hall–Kier alpha value is -3.06. The van der Waals surface area contributed by atoms with Gasteiger partial charge in [0, 0.05) is 18.7 Å². The van der Waals surface area contributed by atoms with Crippen molar-refractivity contribution in [3.8, 4) is 22.9 Å².